The van der Waals surface area contributed by atoms with Gasteiger partial charge in [0.15, 0.2) is 0 Å². The van der Waals surface area contributed by atoms with E-state index in [9.17, 15) is 4.79 Å². The van der Waals surface area contributed by atoms with Crippen molar-refractivity contribution < 1.29 is 14.3 Å². The van der Waals surface area contributed by atoms with Crippen molar-refractivity contribution in [3.63, 3.8) is 0 Å². The van der Waals surface area contributed by atoms with Crippen LogP contribution in [0.1, 0.15) is 27.9 Å². The van der Waals surface area contributed by atoms with Gasteiger partial charge >= 0.3 is 0 Å². The van der Waals surface area contributed by atoms with Crippen LogP contribution in [0.5, 0.6) is 11.5 Å². The Morgan fingerprint density at radius 2 is 1.83 bits per heavy atom. The molecule has 0 bridgehead atoms. The molecule has 2 aromatic carbocycles. The van der Waals surface area contributed by atoms with Crippen molar-refractivity contribution in [3.05, 3.63) is 53.1 Å². The van der Waals surface area contributed by atoms with Gasteiger partial charge in [-0.2, -0.15) is 5.10 Å². The zero-order valence-corrected chi connectivity index (χ0v) is 14.1. The number of nitrogens with zero attached hydrogens (tertiary/aromatic N) is 1. The number of benzene rings is 2. The summed E-state index contributed by atoms with van der Waals surface area (Å²) in [5.41, 5.74) is 6.94. The molecule has 24 heavy (non-hydrogen) atoms. The number of hydrogen-bond donors (Lipinski definition) is 1. The highest BCUT2D eigenvalue weighted by atomic mass is 16.5. The van der Waals surface area contributed by atoms with Crippen LogP contribution in [0.25, 0.3) is 0 Å². The van der Waals surface area contributed by atoms with E-state index in [4.69, 9.17) is 9.47 Å². The van der Waals surface area contributed by atoms with Crippen LogP contribution in [-0.4, -0.2) is 25.2 Å². The maximum absolute atomic E-state index is 12.8. The molecule has 1 aliphatic heterocycles. The van der Waals surface area contributed by atoms with Crippen LogP contribution >= 0.6 is 0 Å². The van der Waals surface area contributed by atoms with Gasteiger partial charge in [0.05, 0.1) is 25.0 Å². The van der Waals surface area contributed by atoms with Crippen LogP contribution in [0.3, 0.4) is 0 Å². The van der Waals surface area contributed by atoms with E-state index in [1.54, 1.807) is 7.11 Å². The van der Waals surface area contributed by atoms with Gasteiger partial charge in [-0.05, 0) is 61.4 Å². The number of anilines is 1. The third-order valence-electron chi connectivity index (χ3n) is 4.11. The molecule has 0 saturated heterocycles. The maximum Gasteiger partial charge on any atom is 0.212 e. The van der Waals surface area contributed by atoms with E-state index in [-0.39, 0.29) is 5.78 Å². The second-order valence-corrected chi connectivity index (χ2v) is 5.76. The fourth-order valence-corrected chi connectivity index (χ4v) is 2.52. The second-order valence-electron chi connectivity index (χ2n) is 5.76. The average Bonchev–Trinajstić information content (AvgIpc) is 2.74. The first-order valence-electron chi connectivity index (χ1n) is 7.84. The third-order valence-corrected chi connectivity index (χ3v) is 4.11. The highest BCUT2D eigenvalue weighted by Gasteiger charge is 2.23. The van der Waals surface area contributed by atoms with Crippen LogP contribution in [0.15, 0.2) is 41.5 Å². The number of hydrazone groups is 1. The number of ketones is 1. The summed E-state index contributed by atoms with van der Waals surface area (Å²) in [5.74, 6) is 1.32. The van der Waals surface area contributed by atoms with Crippen molar-refractivity contribution >= 4 is 17.2 Å². The van der Waals surface area contributed by atoms with Crippen LogP contribution in [0.4, 0.5) is 5.69 Å². The zero-order chi connectivity index (χ0) is 17.1. The molecule has 0 atom stereocenters. The molecule has 0 unspecified atom stereocenters. The molecule has 5 heteroatoms. The molecule has 3 rings (SSSR count). The number of carbonyl (C=O) groups is 1. The molecule has 0 amide bonds. The van der Waals surface area contributed by atoms with Gasteiger partial charge in [-0.25, -0.2) is 0 Å². The number of carbonyl (C=O) groups excluding carboxylic acids is 1. The fraction of sp³-hybridized carbons (Fsp3) is 0.263. The SMILES string of the molecule is COc1ccc(N/N=C2\CCOc3cc(C)c(C)cc3C2=O)cc1. The molecule has 0 spiro atoms. The zero-order valence-electron chi connectivity index (χ0n) is 14.1. The van der Waals surface area contributed by atoms with Gasteiger partial charge in [0, 0.05) is 6.42 Å². The van der Waals surface area contributed by atoms with Crippen LogP contribution < -0.4 is 14.9 Å². The van der Waals surface area contributed by atoms with E-state index >= 15 is 0 Å². The highest BCUT2D eigenvalue weighted by Crippen LogP contribution is 2.27. The summed E-state index contributed by atoms with van der Waals surface area (Å²) < 4.78 is 10.8. The third kappa shape index (κ3) is 3.25. The molecule has 0 fully saturated rings. The summed E-state index contributed by atoms with van der Waals surface area (Å²) in [6.45, 7) is 4.43. The number of aryl methyl sites for hydroxylation is 2. The Balaban J connectivity index is 1.84. The van der Waals surface area contributed by atoms with Gasteiger partial charge in [0.2, 0.25) is 5.78 Å². The first-order valence-corrected chi connectivity index (χ1v) is 7.84. The monoisotopic (exact) mass is 324 g/mol. The van der Waals surface area contributed by atoms with Crippen molar-refractivity contribution in [2.24, 2.45) is 5.10 Å². The lowest BCUT2D eigenvalue weighted by molar-refractivity contribution is 0.106. The lowest BCUT2D eigenvalue weighted by Gasteiger charge is -2.09. The number of rotatable bonds is 3. The first kappa shape index (κ1) is 16.1. The van der Waals surface area contributed by atoms with Gasteiger partial charge in [-0.3, -0.25) is 10.2 Å². The quantitative estimate of drug-likeness (QED) is 0.874. The van der Waals surface area contributed by atoms with E-state index in [0.29, 0.717) is 30.1 Å². The molecule has 0 aromatic heterocycles. The lowest BCUT2D eigenvalue weighted by Crippen LogP contribution is -2.15. The van der Waals surface area contributed by atoms with Gasteiger partial charge in [0.25, 0.3) is 0 Å². The van der Waals surface area contributed by atoms with Crippen molar-refractivity contribution in [3.8, 4) is 11.5 Å². The number of hydrogen-bond acceptors (Lipinski definition) is 5. The molecule has 1 aliphatic rings. The summed E-state index contributed by atoms with van der Waals surface area (Å²) >= 11 is 0. The molecule has 2 aromatic rings. The van der Waals surface area contributed by atoms with Crippen molar-refractivity contribution in [2.75, 3.05) is 19.1 Å². The van der Waals surface area contributed by atoms with Crippen molar-refractivity contribution in [2.45, 2.75) is 20.3 Å². The number of ether oxygens (including phenoxy) is 2. The van der Waals surface area contributed by atoms with E-state index < -0.39 is 0 Å². The minimum absolute atomic E-state index is 0.0911. The predicted molar refractivity (Wildman–Crippen MR) is 94.4 cm³/mol. The summed E-state index contributed by atoms with van der Waals surface area (Å²) in [7, 11) is 1.62. The standard InChI is InChI=1S/C19H20N2O3/c1-12-10-16-18(11-13(12)2)24-9-8-17(19(16)22)21-20-14-4-6-15(23-3)7-5-14/h4-7,10-11,20H,8-9H2,1-3H3/b21-17+. The second kappa shape index (κ2) is 6.74. The van der Waals surface area contributed by atoms with E-state index in [0.717, 1.165) is 22.6 Å². The number of Topliss-reactive ketones (excluding diaryl/α,β-unsaturated/α-hetero) is 1. The smallest absolute Gasteiger partial charge is 0.212 e. The number of methoxy groups -OCH3 is 1. The van der Waals surface area contributed by atoms with Gasteiger partial charge < -0.3 is 9.47 Å². The van der Waals surface area contributed by atoms with Gasteiger partial charge in [-0.1, -0.05) is 0 Å². The number of fused-ring (bicyclic) bond motifs is 1. The topological polar surface area (TPSA) is 59.9 Å². The van der Waals surface area contributed by atoms with Gasteiger partial charge in [0.1, 0.15) is 17.2 Å². The highest BCUT2D eigenvalue weighted by molar-refractivity contribution is 6.46. The Kier molecular flexibility index (Phi) is 4.51. The Morgan fingerprint density at radius 1 is 1.12 bits per heavy atom. The minimum Gasteiger partial charge on any atom is -0.497 e. The fourth-order valence-electron chi connectivity index (χ4n) is 2.52. The van der Waals surface area contributed by atoms with Gasteiger partial charge in [-0.15, -0.1) is 0 Å². The number of nitrogens with one attached hydrogen (secondary N) is 1. The molecule has 0 saturated carbocycles. The normalized spacial score (nSPS) is 15.5. The maximum atomic E-state index is 12.8. The van der Waals surface area contributed by atoms with Crippen LogP contribution in [0.2, 0.25) is 0 Å². The van der Waals surface area contributed by atoms with E-state index in [1.807, 2.05) is 50.2 Å². The molecular formula is C19H20N2O3. The molecule has 1 N–H and O–H groups in total. The molecule has 5 nitrogen and oxygen atoms in total. The Hall–Kier alpha value is -2.82. The summed E-state index contributed by atoms with van der Waals surface area (Å²) in [6, 6.07) is 11.2. The van der Waals surface area contributed by atoms with Crippen LogP contribution in [-0.2, 0) is 0 Å². The lowest BCUT2D eigenvalue weighted by atomic mass is 10.00. The van der Waals surface area contributed by atoms with E-state index in [2.05, 4.69) is 10.5 Å². The van der Waals surface area contributed by atoms with E-state index in [1.165, 1.54) is 0 Å². The first-order chi connectivity index (χ1) is 11.6. The summed E-state index contributed by atoms with van der Waals surface area (Å²) in [4.78, 5) is 12.8. The molecule has 124 valence electrons. The average molecular weight is 324 g/mol. The molecule has 1 heterocycles. The summed E-state index contributed by atoms with van der Waals surface area (Å²) in [6.07, 6.45) is 0.467. The predicted octanol–water partition coefficient (Wildman–Crippen LogP) is 3.75. The van der Waals surface area contributed by atoms with Crippen molar-refractivity contribution in [1.29, 1.82) is 0 Å². The molecule has 0 radical (unpaired) electrons. The summed E-state index contributed by atoms with van der Waals surface area (Å²) in [5, 5.41) is 4.30. The van der Waals surface area contributed by atoms with Crippen LogP contribution in [0, 0.1) is 13.8 Å². The molecule has 0 aliphatic carbocycles. The molecular weight excluding hydrogens is 304 g/mol. The Bertz CT molecular complexity index is 795. The Morgan fingerprint density at radius 3 is 2.54 bits per heavy atom. The van der Waals surface area contributed by atoms with Crippen molar-refractivity contribution in [1.82, 2.24) is 0 Å². The largest absolute Gasteiger partial charge is 0.497 e. The Labute approximate surface area is 141 Å². The minimum atomic E-state index is -0.0911.